The van der Waals surface area contributed by atoms with Crippen molar-refractivity contribution in [3.63, 3.8) is 0 Å². The molecule has 2 aromatic carbocycles. The van der Waals surface area contributed by atoms with Gasteiger partial charge in [0.05, 0.1) is 9.85 Å². The Balaban J connectivity index is 2.33. The lowest BCUT2D eigenvalue weighted by Crippen LogP contribution is -1.93. The highest BCUT2D eigenvalue weighted by atomic mass is 79.9. The number of hydrogen-bond acceptors (Lipinski definition) is 0. The van der Waals surface area contributed by atoms with Gasteiger partial charge < -0.3 is 0 Å². The average Bonchev–Trinajstić information content (AvgIpc) is 2.33. The Kier molecular flexibility index (Phi) is 4.23. The van der Waals surface area contributed by atoms with Gasteiger partial charge in [0.25, 0.3) is 0 Å². The van der Waals surface area contributed by atoms with Gasteiger partial charge in [-0.1, -0.05) is 61.7 Å². The summed E-state index contributed by atoms with van der Waals surface area (Å²) in [6.07, 6.45) is 0. The Labute approximate surface area is 121 Å². The van der Waals surface area contributed by atoms with E-state index in [4.69, 9.17) is 11.6 Å². The van der Waals surface area contributed by atoms with Crippen molar-refractivity contribution in [2.75, 3.05) is 0 Å². The van der Waals surface area contributed by atoms with Gasteiger partial charge in [-0.15, -0.1) is 0 Å². The zero-order valence-corrected chi connectivity index (χ0v) is 12.6. The van der Waals surface area contributed by atoms with Crippen LogP contribution in [0.5, 0.6) is 0 Å². The van der Waals surface area contributed by atoms with E-state index in [2.05, 4.69) is 31.9 Å². The van der Waals surface area contributed by atoms with Crippen LogP contribution in [0.3, 0.4) is 0 Å². The number of alkyl halides is 1. The smallest absolute Gasteiger partial charge is 0.142 e. The van der Waals surface area contributed by atoms with Gasteiger partial charge in [-0.2, -0.15) is 0 Å². The SMILES string of the molecule is Fc1cc(C(Br)c2ccc(Br)cc2)ccc1Cl. The zero-order valence-electron chi connectivity index (χ0n) is 8.63. The highest BCUT2D eigenvalue weighted by Crippen LogP contribution is 2.32. The van der Waals surface area contributed by atoms with Gasteiger partial charge in [-0.05, 0) is 35.4 Å². The first kappa shape index (κ1) is 13.1. The molecule has 88 valence electrons. The lowest BCUT2D eigenvalue weighted by molar-refractivity contribution is 0.626. The van der Waals surface area contributed by atoms with Gasteiger partial charge >= 0.3 is 0 Å². The maximum absolute atomic E-state index is 13.4. The normalized spacial score (nSPS) is 12.5. The molecule has 0 aromatic heterocycles. The molecule has 0 aliphatic carbocycles. The van der Waals surface area contributed by atoms with Crippen molar-refractivity contribution >= 4 is 43.5 Å². The molecule has 1 atom stereocenters. The third-order valence-corrected chi connectivity index (χ3v) is 4.29. The Morgan fingerprint density at radius 2 is 1.59 bits per heavy atom. The van der Waals surface area contributed by atoms with Crippen molar-refractivity contribution in [2.24, 2.45) is 0 Å². The van der Waals surface area contributed by atoms with Gasteiger partial charge in [0, 0.05) is 4.47 Å². The molecule has 4 heteroatoms. The van der Waals surface area contributed by atoms with Crippen LogP contribution >= 0.6 is 43.5 Å². The van der Waals surface area contributed by atoms with Crippen LogP contribution in [0.1, 0.15) is 16.0 Å². The Bertz CT molecular complexity index is 525. The summed E-state index contributed by atoms with van der Waals surface area (Å²) in [7, 11) is 0. The topological polar surface area (TPSA) is 0 Å². The standard InChI is InChI=1S/C13H8Br2ClF/c14-10-4-1-8(2-5-10)13(15)9-3-6-11(16)12(17)7-9/h1-7,13H. The van der Waals surface area contributed by atoms with Crippen molar-refractivity contribution in [1.29, 1.82) is 0 Å². The van der Waals surface area contributed by atoms with E-state index in [1.807, 2.05) is 30.3 Å². The number of benzene rings is 2. The molecule has 17 heavy (non-hydrogen) atoms. The molecule has 0 radical (unpaired) electrons. The first-order valence-electron chi connectivity index (χ1n) is 4.92. The zero-order chi connectivity index (χ0) is 12.4. The summed E-state index contributed by atoms with van der Waals surface area (Å²) in [5, 5.41) is 0.143. The van der Waals surface area contributed by atoms with E-state index in [1.165, 1.54) is 6.07 Å². The molecule has 0 nitrogen and oxygen atoms in total. The predicted octanol–water partition coefficient (Wildman–Crippen LogP) is 5.73. The molecule has 0 N–H and O–H groups in total. The number of halogens is 4. The summed E-state index contributed by atoms with van der Waals surface area (Å²) in [6.45, 7) is 0. The highest BCUT2D eigenvalue weighted by molar-refractivity contribution is 9.10. The second-order valence-corrected chi connectivity index (χ2v) is 5.83. The van der Waals surface area contributed by atoms with E-state index in [1.54, 1.807) is 6.07 Å². The highest BCUT2D eigenvalue weighted by Gasteiger charge is 2.12. The maximum atomic E-state index is 13.4. The molecular formula is C13H8Br2ClF. The van der Waals surface area contributed by atoms with Crippen LogP contribution in [0.2, 0.25) is 5.02 Å². The van der Waals surface area contributed by atoms with Crippen molar-refractivity contribution in [2.45, 2.75) is 4.83 Å². The van der Waals surface area contributed by atoms with Gasteiger partial charge in [-0.3, -0.25) is 0 Å². The summed E-state index contributed by atoms with van der Waals surface area (Å²) in [5.41, 5.74) is 1.91. The molecule has 0 saturated heterocycles. The maximum Gasteiger partial charge on any atom is 0.142 e. The van der Waals surface area contributed by atoms with Gasteiger partial charge in [0.1, 0.15) is 5.82 Å². The summed E-state index contributed by atoms with van der Waals surface area (Å²) >= 11 is 12.6. The fourth-order valence-corrected chi connectivity index (χ4v) is 2.47. The Hall–Kier alpha value is -0.380. The second kappa shape index (κ2) is 5.51. The molecule has 0 fully saturated rings. The van der Waals surface area contributed by atoms with E-state index in [0.717, 1.165) is 15.6 Å². The number of hydrogen-bond donors (Lipinski definition) is 0. The Morgan fingerprint density at radius 1 is 1.00 bits per heavy atom. The van der Waals surface area contributed by atoms with E-state index in [-0.39, 0.29) is 9.85 Å². The predicted molar refractivity (Wildman–Crippen MR) is 76.3 cm³/mol. The van der Waals surface area contributed by atoms with Crippen molar-refractivity contribution < 1.29 is 4.39 Å². The van der Waals surface area contributed by atoms with Gasteiger partial charge in [-0.25, -0.2) is 4.39 Å². The van der Waals surface area contributed by atoms with Crippen LogP contribution in [-0.2, 0) is 0 Å². The van der Waals surface area contributed by atoms with Crippen LogP contribution in [0.25, 0.3) is 0 Å². The largest absolute Gasteiger partial charge is 0.205 e. The fraction of sp³-hybridized carbons (Fsp3) is 0.0769. The molecule has 0 aliphatic rings. The molecule has 0 saturated carbocycles. The molecule has 0 amide bonds. The second-order valence-electron chi connectivity index (χ2n) is 3.59. The van der Waals surface area contributed by atoms with Crippen LogP contribution in [0.15, 0.2) is 46.9 Å². The van der Waals surface area contributed by atoms with E-state index in [0.29, 0.717) is 0 Å². The van der Waals surface area contributed by atoms with Crippen molar-refractivity contribution in [3.8, 4) is 0 Å². The fourth-order valence-electron chi connectivity index (χ4n) is 1.49. The quantitative estimate of drug-likeness (QED) is 0.586. The molecule has 0 aliphatic heterocycles. The first-order chi connectivity index (χ1) is 8.08. The van der Waals surface area contributed by atoms with E-state index in [9.17, 15) is 4.39 Å². The number of rotatable bonds is 2. The minimum Gasteiger partial charge on any atom is -0.205 e. The molecule has 2 rings (SSSR count). The third-order valence-electron chi connectivity index (χ3n) is 2.40. The van der Waals surface area contributed by atoms with Gasteiger partial charge in [0.15, 0.2) is 0 Å². The average molecular weight is 378 g/mol. The van der Waals surface area contributed by atoms with E-state index >= 15 is 0 Å². The lowest BCUT2D eigenvalue weighted by Gasteiger charge is -2.11. The summed E-state index contributed by atoms with van der Waals surface area (Å²) in [5.74, 6) is -0.397. The molecular weight excluding hydrogens is 370 g/mol. The first-order valence-corrected chi connectivity index (χ1v) is 7.01. The third kappa shape index (κ3) is 3.09. The van der Waals surface area contributed by atoms with Crippen LogP contribution in [0, 0.1) is 5.82 Å². The van der Waals surface area contributed by atoms with Gasteiger partial charge in [0.2, 0.25) is 0 Å². The molecule has 0 bridgehead atoms. The molecule has 2 aromatic rings. The van der Waals surface area contributed by atoms with Crippen LogP contribution in [-0.4, -0.2) is 0 Å². The van der Waals surface area contributed by atoms with Crippen LogP contribution < -0.4 is 0 Å². The summed E-state index contributed by atoms with van der Waals surface area (Å²) < 4.78 is 14.4. The molecule has 1 unspecified atom stereocenters. The summed E-state index contributed by atoms with van der Waals surface area (Å²) in [6, 6.07) is 12.7. The van der Waals surface area contributed by atoms with Crippen molar-refractivity contribution in [3.05, 3.63) is 68.9 Å². The Morgan fingerprint density at radius 3 is 2.18 bits per heavy atom. The lowest BCUT2D eigenvalue weighted by atomic mass is 10.1. The minimum atomic E-state index is -0.397. The van der Waals surface area contributed by atoms with E-state index < -0.39 is 5.82 Å². The molecule has 0 heterocycles. The van der Waals surface area contributed by atoms with Crippen LogP contribution in [0.4, 0.5) is 4.39 Å². The summed E-state index contributed by atoms with van der Waals surface area (Å²) in [4.78, 5) is -0.0395. The minimum absolute atomic E-state index is 0.0395. The monoisotopic (exact) mass is 376 g/mol. The molecule has 0 spiro atoms. The van der Waals surface area contributed by atoms with Crippen molar-refractivity contribution in [1.82, 2.24) is 0 Å².